The van der Waals surface area contributed by atoms with Gasteiger partial charge >= 0.3 is 5.82 Å². The van der Waals surface area contributed by atoms with Crippen LogP contribution in [0.15, 0.2) is 29.0 Å². The number of nitro groups is 1. The molecular weight excluding hydrogens is 270 g/mol. The van der Waals surface area contributed by atoms with E-state index >= 15 is 0 Å². The molecule has 0 aliphatic heterocycles. The first-order chi connectivity index (χ1) is 9.16. The maximum atomic E-state index is 10.9. The average molecular weight is 278 g/mol. The summed E-state index contributed by atoms with van der Waals surface area (Å²) in [5, 5.41) is 12.0. The quantitative estimate of drug-likeness (QED) is 0.313. The van der Waals surface area contributed by atoms with Crippen LogP contribution < -0.4 is 4.57 Å². The fraction of sp³-hybridized carbons (Fsp3) is 0.111. The number of nitrogens with one attached hydrogen (secondary N) is 2. The van der Waals surface area contributed by atoms with Gasteiger partial charge in [0.2, 0.25) is 6.33 Å². The molecule has 0 spiro atoms. The first-order valence-corrected chi connectivity index (χ1v) is 6.02. The summed E-state index contributed by atoms with van der Waals surface area (Å²) >= 11 is 1.18. The summed E-state index contributed by atoms with van der Waals surface area (Å²) in [5.74, 6) is -0.0706. The maximum absolute atomic E-state index is 10.9. The van der Waals surface area contributed by atoms with Crippen LogP contribution in [0.2, 0.25) is 0 Å². The van der Waals surface area contributed by atoms with E-state index in [-0.39, 0.29) is 5.82 Å². The van der Waals surface area contributed by atoms with Crippen LogP contribution in [-0.2, 0) is 7.05 Å². The van der Waals surface area contributed by atoms with Gasteiger partial charge in [-0.15, -0.1) is 0 Å². The van der Waals surface area contributed by atoms with E-state index in [1.807, 2.05) is 0 Å². The van der Waals surface area contributed by atoms with E-state index in [1.165, 1.54) is 30.7 Å². The Bertz CT molecular complexity index is 765. The van der Waals surface area contributed by atoms with Gasteiger partial charge in [0.15, 0.2) is 5.65 Å². The number of hydrogen-bond acceptors (Lipinski definition) is 6. The highest BCUT2D eigenvalue weighted by Crippen LogP contribution is 2.32. The lowest BCUT2D eigenvalue weighted by Gasteiger charge is -1.99. The third kappa shape index (κ3) is 1.91. The molecule has 0 fully saturated rings. The zero-order chi connectivity index (χ0) is 13.4. The van der Waals surface area contributed by atoms with Crippen molar-refractivity contribution >= 4 is 28.7 Å². The molecule has 0 unspecified atom stereocenters. The lowest BCUT2D eigenvalue weighted by molar-refractivity contribution is -0.708. The number of aromatic amines is 2. The molecule has 3 aromatic heterocycles. The Morgan fingerprint density at radius 2 is 2.21 bits per heavy atom. The minimum Gasteiger partial charge on any atom is -0.358 e. The molecule has 0 amide bonds. The first kappa shape index (κ1) is 11.6. The zero-order valence-electron chi connectivity index (χ0n) is 9.69. The summed E-state index contributed by atoms with van der Waals surface area (Å²) in [6.45, 7) is 0. The molecule has 0 radical (unpaired) electrons. The number of nitrogens with zero attached hydrogens (tertiary/aromatic N) is 5. The molecule has 19 heavy (non-hydrogen) atoms. The summed E-state index contributed by atoms with van der Waals surface area (Å²) in [6.07, 6.45) is 4.41. The largest absolute Gasteiger partial charge is 0.378 e. The van der Waals surface area contributed by atoms with E-state index in [2.05, 4.69) is 24.9 Å². The second-order valence-corrected chi connectivity index (χ2v) is 4.65. The van der Waals surface area contributed by atoms with Gasteiger partial charge in [0, 0.05) is 0 Å². The molecule has 10 heteroatoms. The summed E-state index contributed by atoms with van der Waals surface area (Å²) in [6, 6.07) is 0. The topological polar surface area (TPSA) is 117 Å². The van der Waals surface area contributed by atoms with Gasteiger partial charge in [0.05, 0.1) is 13.4 Å². The van der Waals surface area contributed by atoms with Crippen molar-refractivity contribution in [1.82, 2.24) is 24.9 Å². The molecule has 0 atom stereocenters. The van der Waals surface area contributed by atoms with Crippen LogP contribution in [0.4, 0.5) is 5.82 Å². The predicted molar refractivity (Wildman–Crippen MR) is 64.4 cm³/mol. The molecule has 0 saturated carbocycles. The van der Waals surface area contributed by atoms with Crippen LogP contribution in [0.25, 0.3) is 11.2 Å². The minimum atomic E-state index is -0.465. The van der Waals surface area contributed by atoms with Crippen LogP contribution in [0.1, 0.15) is 0 Å². The van der Waals surface area contributed by atoms with Gasteiger partial charge in [-0.3, -0.25) is 0 Å². The zero-order valence-corrected chi connectivity index (χ0v) is 10.5. The number of aryl methyl sites for hydroxylation is 1. The highest BCUT2D eigenvalue weighted by Gasteiger charge is 2.24. The van der Waals surface area contributed by atoms with Crippen LogP contribution in [0.3, 0.4) is 0 Å². The Labute approximate surface area is 110 Å². The van der Waals surface area contributed by atoms with Crippen molar-refractivity contribution < 1.29 is 9.49 Å². The molecule has 2 N–H and O–H groups in total. The summed E-state index contributed by atoms with van der Waals surface area (Å²) in [5.41, 5.74) is 1.18. The molecule has 0 aliphatic rings. The Morgan fingerprint density at radius 1 is 1.37 bits per heavy atom. The molecular formula is C9H8N7O2S+. The van der Waals surface area contributed by atoms with Crippen LogP contribution in [-0.4, -0.2) is 29.8 Å². The lowest BCUT2D eigenvalue weighted by atomic mass is 10.6. The van der Waals surface area contributed by atoms with E-state index < -0.39 is 4.92 Å². The van der Waals surface area contributed by atoms with Gasteiger partial charge in [-0.05, 0) is 16.7 Å². The third-order valence-corrected chi connectivity index (χ3v) is 3.66. The van der Waals surface area contributed by atoms with Crippen molar-refractivity contribution in [3.8, 4) is 0 Å². The normalized spacial score (nSPS) is 11.0. The first-order valence-electron chi connectivity index (χ1n) is 5.20. The molecule has 3 aromatic rings. The Balaban J connectivity index is 2.08. The average Bonchev–Trinajstić information content (AvgIpc) is 2.97. The van der Waals surface area contributed by atoms with Gasteiger partial charge < -0.3 is 15.1 Å². The minimum absolute atomic E-state index is 0.0706. The van der Waals surface area contributed by atoms with Gasteiger partial charge in [-0.2, -0.15) is 0 Å². The molecule has 3 heterocycles. The molecule has 0 saturated heterocycles. The lowest BCUT2D eigenvalue weighted by Crippen LogP contribution is -2.27. The van der Waals surface area contributed by atoms with Gasteiger partial charge in [0.1, 0.15) is 16.9 Å². The number of H-pyrrole nitrogens is 2. The molecule has 9 nitrogen and oxygen atoms in total. The van der Waals surface area contributed by atoms with E-state index in [1.54, 1.807) is 11.6 Å². The maximum Gasteiger partial charge on any atom is 0.378 e. The molecule has 96 valence electrons. The van der Waals surface area contributed by atoms with Crippen molar-refractivity contribution in [2.24, 2.45) is 7.05 Å². The van der Waals surface area contributed by atoms with Crippen molar-refractivity contribution in [1.29, 1.82) is 0 Å². The monoisotopic (exact) mass is 278 g/mol. The Morgan fingerprint density at radius 3 is 3.00 bits per heavy atom. The number of imidazole rings is 2. The SMILES string of the molecule is C[n+]1c[nH]c([N+](=O)[O-])c1Sc1ncnc2nc[nH]c12. The number of hydrogen-bond donors (Lipinski definition) is 2. The second kappa shape index (κ2) is 4.31. The van der Waals surface area contributed by atoms with Gasteiger partial charge in [-0.1, -0.05) is 0 Å². The van der Waals surface area contributed by atoms with Crippen molar-refractivity contribution in [3.63, 3.8) is 0 Å². The third-order valence-electron chi connectivity index (χ3n) is 2.48. The van der Waals surface area contributed by atoms with Crippen LogP contribution in [0, 0.1) is 10.1 Å². The fourth-order valence-electron chi connectivity index (χ4n) is 1.61. The van der Waals surface area contributed by atoms with E-state index in [4.69, 9.17) is 0 Å². The number of aromatic nitrogens is 6. The number of fused-ring (bicyclic) bond motifs is 1. The number of rotatable bonds is 3. The smallest absolute Gasteiger partial charge is 0.358 e. The van der Waals surface area contributed by atoms with Crippen molar-refractivity contribution in [3.05, 3.63) is 29.1 Å². The van der Waals surface area contributed by atoms with Crippen LogP contribution >= 0.6 is 11.8 Å². The second-order valence-electron chi connectivity index (χ2n) is 3.68. The van der Waals surface area contributed by atoms with E-state index in [0.29, 0.717) is 21.2 Å². The standard InChI is InChI=1S/C9H7N7O2S/c1-15-4-14-7(16(17)18)9(15)19-8-5-6(11-2-10-5)12-3-13-8/h2-4H,1H3,(H,10,11,12,13)/p+1. The predicted octanol–water partition coefficient (Wildman–Crippen LogP) is 0.565. The van der Waals surface area contributed by atoms with Crippen LogP contribution in [0.5, 0.6) is 0 Å². The van der Waals surface area contributed by atoms with Crippen molar-refractivity contribution in [2.75, 3.05) is 0 Å². The Kier molecular flexibility index (Phi) is 2.63. The summed E-state index contributed by atoms with van der Waals surface area (Å²) < 4.78 is 1.63. The van der Waals surface area contributed by atoms with Crippen molar-refractivity contribution in [2.45, 2.75) is 10.1 Å². The highest BCUT2D eigenvalue weighted by atomic mass is 32.2. The Hall–Kier alpha value is -2.49. The van der Waals surface area contributed by atoms with Gasteiger partial charge in [-0.25, -0.2) is 24.5 Å². The molecule has 3 rings (SSSR count). The molecule has 0 aromatic carbocycles. The summed E-state index contributed by atoms with van der Waals surface area (Å²) in [4.78, 5) is 28.1. The van der Waals surface area contributed by atoms with E-state index in [9.17, 15) is 10.1 Å². The summed E-state index contributed by atoms with van der Waals surface area (Å²) in [7, 11) is 1.72. The van der Waals surface area contributed by atoms with E-state index in [0.717, 1.165) is 0 Å². The molecule has 0 bridgehead atoms. The highest BCUT2D eigenvalue weighted by molar-refractivity contribution is 7.99. The fourth-order valence-corrected chi connectivity index (χ4v) is 2.57. The van der Waals surface area contributed by atoms with Gasteiger partial charge in [0.25, 0.3) is 5.03 Å². The molecule has 0 aliphatic carbocycles.